The molecule has 17 heavy (non-hydrogen) atoms. The van der Waals surface area contributed by atoms with Gasteiger partial charge in [-0.1, -0.05) is 12.1 Å². The molecule has 0 saturated carbocycles. The minimum Gasteiger partial charge on any atom is -0.294 e. The Morgan fingerprint density at radius 1 is 1.18 bits per heavy atom. The maximum atomic E-state index is 11.5. The Morgan fingerprint density at radius 2 is 2.06 bits per heavy atom. The van der Waals surface area contributed by atoms with Crippen molar-refractivity contribution >= 4 is 5.78 Å². The van der Waals surface area contributed by atoms with E-state index in [1.54, 1.807) is 6.20 Å². The van der Waals surface area contributed by atoms with Crippen molar-refractivity contribution in [2.75, 3.05) is 0 Å². The molecule has 0 bridgehead atoms. The third-order valence-corrected chi connectivity index (χ3v) is 3.10. The first-order valence-corrected chi connectivity index (χ1v) is 5.70. The van der Waals surface area contributed by atoms with Gasteiger partial charge in [-0.2, -0.15) is 0 Å². The van der Waals surface area contributed by atoms with Crippen molar-refractivity contribution in [3.63, 3.8) is 0 Å². The molecule has 0 amide bonds. The predicted molar refractivity (Wildman–Crippen MR) is 64.9 cm³/mol. The minimum absolute atomic E-state index is 0.255. The molecule has 0 N–H and O–H groups in total. The van der Waals surface area contributed by atoms with E-state index in [4.69, 9.17) is 0 Å². The molecule has 2 aromatic rings. The Bertz CT molecular complexity index is 605. The van der Waals surface area contributed by atoms with Gasteiger partial charge in [-0.15, -0.1) is 0 Å². The van der Waals surface area contributed by atoms with Crippen LogP contribution in [0.1, 0.15) is 28.2 Å². The maximum Gasteiger partial charge on any atom is 0.163 e. The van der Waals surface area contributed by atoms with Crippen molar-refractivity contribution in [1.29, 1.82) is 0 Å². The van der Waals surface area contributed by atoms with Crippen LogP contribution in [-0.2, 0) is 6.42 Å². The summed E-state index contributed by atoms with van der Waals surface area (Å²) in [5.41, 5.74) is 3.99. The molecule has 1 aromatic heterocycles. The second kappa shape index (κ2) is 3.77. The monoisotopic (exact) mass is 224 g/mol. The number of aryl methyl sites for hydroxylation is 2. The van der Waals surface area contributed by atoms with Crippen LogP contribution in [-0.4, -0.2) is 15.8 Å². The van der Waals surface area contributed by atoms with Gasteiger partial charge < -0.3 is 0 Å². The summed E-state index contributed by atoms with van der Waals surface area (Å²) in [5.74, 6) is 1.02. The molecule has 3 nitrogen and oxygen atoms in total. The number of aromatic nitrogens is 2. The van der Waals surface area contributed by atoms with Crippen molar-refractivity contribution in [1.82, 2.24) is 9.97 Å². The highest BCUT2D eigenvalue weighted by atomic mass is 16.1. The van der Waals surface area contributed by atoms with Crippen LogP contribution >= 0.6 is 0 Å². The van der Waals surface area contributed by atoms with E-state index in [9.17, 15) is 4.79 Å². The van der Waals surface area contributed by atoms with Crippen molar-refractivity contribution in [3.05, 3.63) is 47.4 Å². The van der Waals surface area contributed by atoms with Crippen LogP contribution < -0.4 is 0 Å². The van der Waals surface area contributed by atoms with Crippen LogP contribution in [0.2, 0.25) is 0 Å². The lowest BCUT2D eigenvalue weighted by Crippen LogP contribution is -1.93. The number of rotatable bonds is 1. The standard InChI is InChI=1S/C14H12N2O/c1-9-15-7-6-13(16-9)11-2-4-12-10(8-11)3-5-14(12)17/h2,4,6-8H,3,5H2,1H3. The maximum absolute atomic E-state index is 11.5. The Morgan fingerprint density at radius 3 is 2.88 bits per heavy atom. The summed E-state index contributed by atoms with van der Waals surface area (Å²) in [4.78, 5) is 20.0. The lowest BCUT2D eigenvalue weighted by Gasteiger charge is -2.04. The topological polar surface area (TPSA) is 42.9 Å². The quantitative estimate of drug-likeness (QED) is 0.747. The van der Waals surface area contributed by atoms with Gasteiger partial charge in [-0.25, -0.2) is 9.97 Å². The van der Waals surface area contributed by atoms with Gasteiger partial charge in [0.25, 0.3) is 0 Å². The molecule has 1 aromatic carbocycles. The summed E-state index contributed by atoms with van der Waals surface area (Å²) in [6, 6.07) is 7.84. The fourth-order valence-corrected chi connectivity index (χ4v) is 2.23. The summed E-state index contributed by atoms with van der Waals surface area (Å²) in [6.45, 7) is 1.88. The van der Waals surface area contributed by atoms with E-state index in [2.05, 4.69) is 16.0 Å². The summed E-state index contributed by atoms with van der Waals surface area (Å²) < 4.78 is 0. The van der Waals surface area contributed by atoms with E-state index in [1.165, 1.54) is 0 Å². The van der Waals surface area contributed by atoms with Gasteiger partial charge >= 0.3 is 0 Å². The molecule has 3 heteroatoms. The lowest BCUT2D eigenvalue weighted by atomic mass is 10.0. The lowest BCUT2D eigenvalue weighted by molar-refractivity contribution is 0.0994. The molecule has 0 spiro atoms. The Balaban J connectivity index is 2.09. The van der Waals surface area contributed by atoms with Crippen LogP contribution in [0.25, 0.3) is 11.3 Å². The molecule has 3 rings (SSSR count). The number of hydrogen-bond donors (Lipinski definition) is 0. The largest absolute Gasteiger partial charge is 0.294 e. The van der Waals surface area contributed by atoms with Gasteiger partial charge in [0.2, 0.25) is 0 Å². The van der Waals surface area contributed by atoms with Gasteiger partial charge in [0.05, 0.1) is 5.69 Å². The molecular formula is C14H12N2O. The van der Waals surface area contributed by atoms with Crippen molar-refractivity contribution in [2.24, 2.45) is 0 Å². The molecule has 0 atom stereocenters. The SMILES string of the molecule is Cc1nccc(-c2ccc3c(c2)CCC3=O)n1. The second-order valence-electron chi connectivity index (χ2n) is 4.28. The molecule has 0 saturated heterocycles. The molecule has 1 aliphatic rings. The zero-order valence-electron chi connectivity index (χ0n) is 9.60. The molecule has 1 heterocycles. The number of Topliss-reactive ketones (excluding diaryl/α,β-unsaturated/α-hetero) is 1. The molecular weight excluding hydrogens is 212 g/mol. The second-order valence-corrected chi connectivity index (χ2v) is 4.28. The number of benzene rings is 1. The third-order valence-electron chi connectivity index (χ3n) is 3.10. The number of fused-ring (bicyclic) bond motifs is 1. The van der Waals surface area contributed by atoms with Gasteiger partial charge in [-0.05, 0) is 31.0 Å². The van der Waals surface area contributed by atoms with Crippen LogP contribution in [0.5, 0.6) is 0 Å². The van der Waals surface area contributed by atoms with E-state index in [0.29, 0.717) is 6.42 Å². The summed E-state index contributed by atoms with van der Waals surface area (Å²) in [7, 11) is 0. The minimum atomic E-state index is 0.255. The zero-order valence-corrected chi connectivity index (χ0v) is 9.60. The van der Waals surface area contributed by atoms with Crippen LogP contribution in [0.3, 0.4) is 0 Å². The zero-order chi connectivity index (χ0) is 11.8. The number of ketones is 1. The normalized spacial score (nSPS) is 13.8. The number of hydrogen-bond acceptors (Lipinski definition) is 3. The summed E-state index contributed by atoms with van der Waals surface area (Å²) in [6.07, 6.45) is 3.25. The number of carbonyl (C=O) groups excluding carboxylic acids is 1. The molecule has 0 radical (unpaired) electrons. The Hall–Kier alpha value is -2.03. The first-order valence-electron chi connectivity index (χ1n) is 5.70. The fourth-order valence-electron chi connectivity index (χ4n) is 2.23. The highest BCUT2D eigenvalue weighted by molar-refractivity contribution is 6.00. The molecule has 0 aliphatic heterocycles. The van der Waals surface area contributed by atoms with Crippen molar-refractivity contribution in [3.8, 4) is 11.3 Å². The first-order chi connectivity index (χ1) is 8.24. The fraction of sp³-hybridized carbons (Fsp3) is 0.214. The van der Waals surface area contributed by atoms with Crippen molar-refractivity contribution < 1.29 is 4.79 Å². The van der Waals surface area contributed by atoms with Crippen LogP contribution in [0.4, 0.5) is 0 Å². The average molecular weight is 224 g/mol. The van der Waals surface area contributed by atoms with E-state index < -0.39 is 0 Å². The van der Waals surface area contributed by atoms with Crippen LogP contribution in [0.15, 0.2) is 30.5 Å². The highest BCUT2D eigenvalue weighted by Crippen LogP contribution is 2.27. The van der Waals surface area contributed by atoms with Crippen molar-refractivity contribution in [2.45, 2.75) is 19.8 Å². The molecule has 0 fully saturated rings. The smallest absolute Gasteiger partial charge is 0.163 e. The molecule has 1 aliphatic carbocycles. The Labute approximate surface area is 99.5 Å². The average Bonchev–Trinajstić information content (AvgIpc) is 2.71. The van der Waals surface area contributed by atoms with Gasteiger partial charge in [0.1, 0.15) is 5.82 Å². The van der Waals surface area contributed by atoms with Gasteiger partial charge in [0.15, 0.2) is 5.78 Å². The van der Waals surface area contributed by atoms with E-state index in [1.807, 2.05) is 25.1 Å². The number of nitrogens with zero attached hydrogens (tertiary/aromatic N) is 2. The third kappa shape index (κ3) is 1.73. The van der Waals surface area contributed by atoms with Gasteiger partial charge in [0, 0.05) is 23.7 Å². The molecule has 0 unspecified atom stereocenters. The Kier molecular flexibility index (Phi) is 2.25. The predicted octanol–water partition coefficient (Wildman–Crippen LogP) is 2.58. The van der Waals surface area contributed by atoms with E-state index in [0.717, 1.165) is 34.6 Å². The molecule has 84 valence electrons. The number of carbonyl (C=O) groups is 1. The van der Waals surface area contributed by atoms with Crippen LogP contribution in [0, 0.1) is 6.92 Å². The highest BCUT2D eigenvalue weighted by Gasteiger charge is 2.19. The first kappa shape index (κ1) is 10.1. The van der Waals surface area contributed by atoms with E-state index >= 15 is 0 Å². The summed E-state index contributed by atoms with van der Waals surface area (Å²) >= 11 is 0. The summed E-state index contributed by atoms with van der Waals surface area (Å²) in [5, 5.41) is 0. The van der Waals surface area contributed by atoms with Gasteiger partial charge in [-0.3, -0.25) is 4.79 Å². The van der Waals surface area contributed by atoms with E-state index in [-0.39, 0.29) is 5.78 Å².